The van der Waals surface area contributed by atoms with Gasteiger partial charge in [0.05, 0.1) is 0 Å². The molecule has 98 valence electrons. The molecular formula is C11H16Cl2INOS. The molecule has 0 N–H and O–H groups in total. The van der Waals surface area contributed by atoms with Crippen molar-refractivity contribution in [2.45, 2.75) is 49.5 Å². The van der Waals surface area contributed by atoms with Crippen LogP contribution in [0.1, 0.15) is 39.0 Å². The zero-order valence-corrected chi connectivity index (χ0v) is 14.2. The van der Waals surface area contributed by atoms with Crippen molar-refractivity contribution in [3.63, 3.8) is 0 Å². The fraction of sp³-hybridized carbons (Fsp3) is 0.727. The highest BCUT2D eigenvalue weighted by Crippen LogP contribution is 2.24. The Kier molecular flexibility index (Phi) is 7.45. The van der Waals surface area contributed by atoms with Crippen LogP contribution in [0.15, 0.2) is 4.79 Å². The first kappa shape index (κ1) is 15.8. The minimum absolute atomic E-state index is 0.156. The molecule has 1 heterocycles. The normalized spacial score (nSPS) is 12.9. The zero-order chi connectivity index (χ0) is 12.8. The molecule has 0 fully saturated rings. The van der Waals surface area contributed by atoms with Crippen molar-refractivity contribution in [2.75, 3.05) is 0 Å². The number of alkyl halides is 1. The van der Waals surface area contributed by atoms with E-state index in [-0.39, 0.29) is 10.6 Å². The van der Waals surface area contributed by atoms with Gasteiger partial charge in [-0.1, -0.05) is 78.4 Å². The fourth-order valence-corrected chi connectivity index (χ4v) is 4.03. The summed E-state index contributed by atoms with van der Waals surface area (Å²) in [5.41, 5.74) is -0.156. The van der Waals surface area contributed by atoms with Crippen molar-refractivity contribution in [1.82, 2.24) is 3.96 Å². The molecule has 0 spiro atoms. The summed E-state index contributed by atoms with van der Waals surface area (Å²) in [4.78, 5) is 11.7. The van der Waals surface area contributed by atoms with Crippen molar-refractivity contribution in [2.24, 2.45) is 0 Å². The highest BCUT2D eigenvalue weighted by molar-refractivity contribution is 14.1. The molecule has 17 heavy (non-hydrogen) atoms. The average molecular weight is 408 g/mol. The van der Waals surface area contributed by atoms with Gasteiger partial charge < -0.3 is 0 Å². The summed E-state index contributed by atoms with van der Waals surface area (Å²) in [5.74, 6) is 0. The van der Waals surface area contributed by atoms with E-state index in [2.05, 4.69) is 29.5 Å². The maximum absolute atomic E-state index is 11.7. The Morgan fingerprint density at radius 2 is 2.06 bits per heavy atom. The molecule has 0 bridgehead atoms. The lowest BCUT2D eigenvalue weighted by Crippen LogP contribution is -2.18. The Balaban J connectivity index is 2.42. The van der Waals surface area contributed by atoms with Crippen LogP contribution in [0.25, 0.3) is 0 Å². The molecule has 0 aliphatic heterocycles. The van der Waals surface area contributed by atoms with Crippen LogP contribution in [0, 0.1) is 0 Å². The molecule has 0 radical (unpaired) electrons. The van der Waals surface area contributed by atoms with Crippen LogP contribution in [-0.2, 0) is 6.54 Å². The Morgan fingerprint density at radius 3 is 2.59 bits per heavy atom. The average Bonchev–Trinajstić information content (AvgIpc) is 2.53. The smallest absolute Gasteiger partial charge is 0.267 e. The molecule has 2 nitrogen and oxygen atoms in total. The first-order chi connectivity index (χ1) is 8.06. The summed E-state index contributed by atoms with van der Waals surface area (Å²) in [6.45, 7) is 2.92. The molecule has 1 rings (SSSR count). The number of hydrogen-bond donors (Lipinski definition) is 0. The van der Waals surface area contributed by atoms with Gasteiger partial charge in [0.15, 0.2) is 0 Å². The zero-order valence-electron chi connectivity index (χ0n) is 9.72. The third kappa shape index (κ3) is 5.09. The largest absolute Gasteiger partial charge is 0.281 e. The third-order valence-corrected chi connectivity index (χ3v) is 5.38. The summed E-state index contributed by atoms with van der Waals surface area (Å²) in [7, 11) is 0. The minimum Gasteiger partial charge on any atom is -0.267 e. The molecule has 0 amide bonds. The molecule has 0 saturated heterocycles. The van der Waals surface area contributed by atoms with E-state index in [1.165, 1.54) is 37.2 Å². The van der Waals surface area contributed by atoms with E-state index < -0.39 is 0 Å². The Labute approximate surface area is 130 Å². The molecule has 1 atom stereocenters. The quantitative estimate of drug-likeness (QED) is 0.354. The molecule has 1 aromatic heterocycles. The van der Waals surface area contributed by atoms with E-state index in [9.17, 15) is 4.79 Å². The lowest BCUT2D eigenvalue weighted by molar-refractivity contribution is 0.591. The van der Waals surface area contributed by atoms with Crippen molar-refractivity contribution in [3.8, 4) is 0 Å². The Bertz CT molecular complexity index is 405. The van der Waals surface area contributed by atoms with Crippen LogP contribution in [0.4, 0.5) is 0 Å². The maximum atomic E-state index is 11.7. The van der Waals surface area contributed by atoms with Gasteiger partial charge in [-0.05, 0) is 18.0 Å². The van der Waals surface area contributed by atoms with Gasteiger partial charge in [-0.2, -0.15) is 0 Å². The second kappa shape index (κ2) is 8.02. The highest BCUT2D eigenvalue weighted by atomic mass is 127. The Morgan fingerprint density at radius 1 is 1.35 bits per heavy atom. The van der Waals surface area contributed by atoms with Crippen LogP contribution in [0.3, 0.4) is 0 Å². The van der Waals surface area contributed by atoms with Crippen LogP contribution in [0.5, 0.6) is 0 Å². The number of unbranched alkanes of at least 4 members (excludes halogenated alkanes) is 3. The van der Waals surface area contributed by atoms with E-state index in [0.29, 0.717) is 14.8 Å². The lowest BCUT2D eigenvalue weighted by Gasteiger charge is -2.08. The molecule has 1 unspecified atom stereocenters. The predicted molar refractivity (Wildman–Crippen MR) is 85.2 cm³/mol. The van der Waals surface area contributed by atoms with E-state index in [1.54, 1.807) is 3.96 Å². The topological polar surface area (TPSA) is 22.0 Å². The second-order valence-electron chi connectivity index (χ2n) is 3.99. The molecular weight excluding hydrogens is 392 g/mol. The van der Waals surface area contributed by atoms with Gasteiger partial charge in [-0.3, -0.25) is 8.75 Å². The monoisotopic (exact) mass is 407 g/mol. The number of nitrogens with zero attached hydrogens (tertiary/aromatic N) is 1. The van der Waals surface area contributed by atoms with Crippen LogP contribution in [0.2, 0.25) is 9.36 Å². The lowest BCUT2D eigenvalue weighted by atomic mass is 10.1. The van der Waals surface area contributed by atoms with Gasteiger partial charge >= 0.3 is 0 Å². The Hall–Kier alpha value is 0.740. The van der Waals surface area contributed by atoms with E-state index in [0.717, 1.165) is 6.42 Å². The minimum atomic E-state index is -0.156. The first-order valence-corrected chi connectivity index (χ1v) is 8.53. The van der Waals surface area contributed by atoms with E-state index in [4.69, 9.17) is 23.2 Å². The van der Waals surface area contributed by atoms with Crippen LogP contribution < -0.4 is 5.56 Å². The van der Waals surface area contributed by atoms with Crippen molar-refractivity contribution >= 4 is 57.3 Å². The summed E-state index contributed by atoms with van der Waals surface area (Å²) in [6, 6.07) is 0. The number of aromatic nitrogens is 1. The standard InChI is InChI=1S/C11H16Cl2INOS/c1-2-3-4-5-6-8(14)7-15-11(16)9(12)10(13)17-15/h8H,2-7H2,1H3. The van der Waals surface area contributed by atoms with Gasteiger partial charge in [-0.15, -0.1) is 0 Å². The van der Waals surface area contributed by atoms with Gasteiger partial charge in [0.2, 0.25) is 0 Å². The molecule has 0 saturated carbocycles. The van der Waals surface area contributed by atoms with Crippen molar-refractivity contribution in [3.05, 3.63) is 19.7 Å². The predicted octanol–water partition coefficient (Wildman–Crippen LogP) is 4.99. The third-order valence-electron chi connectivity index (χ3n) is 2.51. The summed E-state index contributed by atoms with van der Waals surface area (Å²) >= 11 is 15.2. The SMILES string of the molecule is CCCCCCC(I)Cn1sc(Cl)c(Cl)c1=O. The fourth-order valence-electron chi connectivity index (χ4n) is 1.56. The first-order valence-electron chi connectivity index (χ1n) is 5.75. The molecule has 0 aliphatic carbocycles. The van der Waals surface area contributed by atoms with Crippen LogP contribution >= 0.6 is 57.3 Å². The molecule has 1 aromatic rings. The second-order valence-corrected chi connectivity index (χ2v) is 7.77. The number of halogens is 3. The highest BCUT2D eigenvalue weighted by Gasteiger charge is 2.13. The van der Waals surface area contributed by atoms with Crippen LogP contribution in [-0.4, -0.2) is 7.88 Å². The van der Waals surface area contributed by atoms with Crippen molar-refractivity contribution in [1.29, 1.82) is 0 Å². The molecule has 0 aliphatic rings. The summed E-state index contributed by atoms with van der Waals surface area (Å²) < 4.78 is 2.51. The van der Waals surface area contributed by atoms with Gasteiger partial charge in [0.25, 0.3) is 5.56 Å². The number of hydrogen-bond acceptors (Lipinski definition) is 2. The summed E-state index contributed by atoms with van der Waals surface area (Å²) in [5, 5.41) is 0.159. The number of rotatable bonds is 7. The van der Waals surface area contributed by atoms with E-state index >= 15 is 0 Å². The summed E-state index contributed by atoms with van der Waals surface area (Å²) in [6.07, 6.45) is 6.18. The van der Waals surface area contributed by atoms with Crippen molar-refractivity contribution < 1.29 is 0 Å². The molecule has 6 heteroatoms. The van der Waals surface area contributed by atoms with E-state index in [1.807, 2.05) is 0 Å². The maximum Gasteiger partial charge on any atom is 0.281 e. The molecule has 0 aromatic carbocycles. The van der Waals surface area contributed by atoms with Gasteiger partial charge in [0, 0.05) is 10.5 Å². The van der Waals surface area contributed by atoms with Gasteiger partial charge in [-0.25, -0.2) is 0 Å². The van der Waals surface area contributed by atoms with Gasteiger partial charge in [0.1, 0.15) is 9.36 Å².